The SMILES string of the molecule is CS(=O)(=O)C1(C(=O)NCc2nc3ccccc3s2)CCNCC1.Cl. The number of halogens is 1. The Hall–Kier alpha value is -1.22. The summed E-state index contributed by atoms with van der Waals surface area (Å²) in [6, 6.07) is 7.75. The van der Waals surface area contributed by atoms with Crippen molar-refractivity contribution in [2.24, 2.45) is 0 Å². The molecule has 1 fully saturated rings. The summed E-state index contributed by atoms with van der Waals surface area (Å²) in [5, 5.41) is 6.66. The number of nitrogens with one attached hydrogen (secondary N) is 2. The first kappa shape index (κ1) is 19.1. The first-order chi connectivity index (χ1) is 10.9. The molecular weight excluding hydrogens is 370 g/mol. The molecule has 0 aliphatic carbocycles. The fourth-order valence-electron chi connectivity index (χ4n) is 2.91. The van der Waals surface area contributed by atoms with Gasteiger partial charge in [0.15, 0.2) is 14.6 Å². The molecule has 0 spiro atoms. The minimum absolute atomic E-state index is 0. The van der Waals surface area contributed by atoms with Gasteiger partial charge < -0.3 is 10.6 Å². The van der Waals surface area contributed by atoms with E-state index in [2.05, 4.69) is 15.6 Å². The van der Waals surface area contributed by atoms with Crippen molar-refractivity contribution in [3.8, 4) is 0 Å². The molecule has 0 bridgehead atoms. The topological polar surface area (TPSA) is 88.2 Å². The number of para-hydroxylation sites is 1. The molecular formula is C15H20ClN3O3S2. The number of sulfone groups is 1. The van der Waals surface area contributed by atoms with Crippen LogP contribution in [0.25, 0.3) is 10.2 Å². The largest absolute Gasteiger partial charge is 0.348 e. The van der Waals surface area contributed by atoms with Gasteiger partial charge in [0, 0.05) is 6.26 Å². The molecule has 1 aliphatic heterocycles. The molecule has 3 rings (SSSR count). The van der Waals surface area contributed by atoms with Crippen LogP contribution in [-0.2, 0) is 21.2 Å². The van der Waals surface area contributed by atoms with Crippen molar-refractivity contribution >= 4 is 49.7 Å². The smallest absolute Gasteiger partial charge is 0.241 e. The van der Waals surface area contributed by atoms with E-state index >= 15 is 0 Å². The van der Waals surface area contributed by atoms with E-state index in [1.807, 2.05) is 24.3 Å². The lowest BCUT2D eigenvalue weighted by atomic mass is 9.96. The molecule has 9 heteroatoms. The number of hydrogen-bond donors (Lipinski definition) is 2. The summed E-state index contributed by atoms with van der Waals surface area (Å²) in [5.74, 6) is -0.416. The summed E-state index contributed by atoms with van der Waals surface area (Å²) in [6.45, 7) is 1.31. The number of carbonyl (C=O) groups is 1. The van der Waals surface area contributed by atoms with Crippen LogP contribution in [0.4, 0.5) is 0 Å². The number of piperidine rings is 1. The molecule has 0 unspecified atom stereocenters. The van der Waals surface area contributed by atoms with Crippen molar-refractivity contribution in [3.05, 3.63) is 29.3 Å². The molecule has 6 nitrogen and oxygen atoms in total. The van der Waals surface area contributed by atoms with E-state index in [0.29, 0.717) is 25.9 Å². The molecule has 2 heterocycles. The third-order valence-corrected chi connectivity index (χ3v) is 7.32. The molecule has 24 heavy (non-hydrogen) atoms. The molecule has 2 aromatic rings. The van der Waals surface area contributed by atoms with Gasteiger partial charge in [-0.3, -0.25) is 4.79 Å². The number of fused-ring (bicyclic) bond motifs is 1. The number of nitrogens with zero attached hydrogens (tertiary/aromatic N) is 1. The molecule has 132 valence electrons. The summed E-state index contributed by atoms with van der Waals surface area (Å²) < 4.78 is 24.1. The standard InChI is InChI=1S/C15H19N3O3S2.ClH/c1-23(20,21)15(6-8-16-9-7-15)14(19)17-10-13-18-11-4-2-3-5-12(11)22-13;/h2-5,16H,6-10H2,1H3,(H,17,19);1H. The van der Waals surface area contributed by atoms with Gasteiger partial charge in [-0.1, -0.05) is 12.1 Å². The normalized spacial score (nSPS) is 17.2. The molecule has 1 amide bonds. The highest BCUT2D eigenvalue weighted by Crippen LogP contribution is 2.28. The van der Waals surface area contributed by atoms with Crippen LogP contribution in [0.3, 0.4) is 0 Å². The molecule has 1 aliphatic rings. The Kier molecular flexibility index (Phi) is 5.85. The molecule has 2 N–H and O–H groups in total. The second-order valence-electron chi connectivity index (χ2n) is 5.77. The minimum atomic E-state index is -3.48. The summed E-state index contributed by atoms with van der Waals surface area (Å²) in [5.41, 5.74) is 0.890. The van der Waals surface area contributed by atoms with Crippen LogP contribution < -0.4 is 10.6 Å². The van der Waals surface area contributed by atoms with E-state index in [0.717, 1.165) is 21.5 Å². The third kappa shape index (κ3) is 3.56. The van der Waals surface area contributed by atoms with Crippen LogP contribution in [0.5, 0.6) is 0 Å². The average Bonchev–Trinajstić information content (AvgIpc) is 2.95. The molecule has 0 saturated carbocycles. The van der Waals surface area contributed by atoms with E-state index < -0.39 is 20.5 Å². The van der Waals surface area contributed by atoms with Gasteiger partial charge in [-0.05, 0) is 38.1 Å². The van der Waals surface area contributed by atoms with Crippen molar-refractivity contribution in [1.82, 2.24) is 15.6 Å². The quantitative estimate of drug-likeness (QED) is 0.827. The predicted molar refractivity (Wildman–Crippen MR) is 98.4 cm³/mol. The highest BCUT2D eigenvalue weighted by Gasteiger charge is 2.48. The molecule has 0 atom stereocenters. The van der Waals surface area contributed by atoms with E-state index in [9.17, 15) is 13.2 Å². The lowest BCUT2D eigenvalue weighted by Gasteiger charge is -2.34. The van der Waals surface area contributed by atoms with Gasteiger partial charge in [-0.2, -0.15) is 0 Å². The first-order valence-electron chi connectivity index (χ1n) is 7.45. The van der Waals surface area contributed by atoms with Crippen molar-refractivity contribution in [3.63, 3.8) is 0 Å². The van der Waals surface area contributed by atoms with Crippen molar-refractivity contribution in [2.45, 2.75) is 24.1 Å². The number of thiazole rings is 1. The van der Waals surface area contributed by atoms with Gasteiger partial charge in [-0.25, -0.2) is 13.4 Å². The van der Waals surface area contributed by atoms with Crippen molar-refractivity contribution in [1.29, 1.82) is 0 Å². The van der Waals surface area contributed by atoms with Gasteiger partial charge >= 0.3 is 0 Å². The van der Waals surface area contributed by atoms with E-state index in [-0.39, 0.29) is 19.0 Å². The highest BCUT2D eigenvalue weighted by molar-refractivity contribution is 7.92. The number of rotatable bonds is 4. The Balaban J connectivity index is 0.00000208. The van der Waals surface area contributed by atoms with Gasteiger partial charge in [0.05, 0.1) is 16.8 Å². The Morgan fingerprint density at radius 2 is 2.00 bits per heavy atom. The van der Waals surface area contributed by atoms with Crippen molar-refractivity contribution < 1.29 is 13.2 Å². The van der Waals surface area contributed by atoms with Crippen LogP contribution in [0.15, 0.2) is 24.3 Å². The van der Waals surface area contributed by atoms with E-state index in [1.165, 1.54) is 11.3 Å². The number of aromatic nitrogens is 1. The van der Waals surface area contributed by atoms with Crippen LogP contribution in [0.2, 0.25) is 0 Å². The van der Waals surface area contributed by atoms with Crippen LogP contribution in [0.1, 0.15) is 17.8 Å². The molecule has 1 aromatic carbocycles. The predicted octanol–water partition coefficient (Wildman–Crippen LogP) is 1.50. The second kappa shape index (κ2) is 7.35. The summed E-state index contributed by atoms with van der Waals surface area (Å²) >= 11 is 1.50. The number of hydrogen-bond acceptors (Lipinski definition) is 6. The van der Waals surface area contributed by atoms with E-state index in [1.54, 1.807) is 0 Å². The molecule has 1 saturated heterocycles. The average molecular weight is 390 g/mol. The summed E-state index contributed by atoms with van der Waals surface area (Å²) in [7, 11) is -3.48. The van der Waals surface area contributed by atoms with Gasteiger partial charge in [-0.15, -0.1) is 23.7 Å². The number of benzene rings is 1. The zero-order valence-corrected chi connectivity index (χ0v) is 15.7. The fraction of sp³-hybridized carbons (Fsp3) is 0.467. The Morgan fingerprint density at radius 1 is 1.33 bits per heavy atom. The number of amides is 1. The lowest BCUT2D eigenvalue weighted by Crippen LogP contribution is -2.57. The zero-order valence-electron chi connectivity index (χ0n) is 13.2. The Labute approximate surface area is 151 Å². The maximum Gasteiger partial charge on any atom is 0.241 e. The highest BCUT2D eigenvalue weighted by atomic mass is 35.5. The minimum Gasteiger partial charge on any atom is -0.348 e. The zero-order chi connectivity index (χ0) is 16.5. The summed E-state index contributed by atoms with van der Waals surface area (Å²) in [6.07, 6.45) is 1.75. The number of carbonyl (C=O) groups excluding carboxylic acids is 1. The van der Waals surface area contributed by atoms with Crippen LogP contribution >= 0.6 is 23.7 Å². The monoisotopic (exact) mass is 389 g/mol. The second-order valence-corrected chi connectivity index (χ2v) is 9.22. The van der Waals surface area contributed by atoms with Gasteiger partial charge in [0.1, 0.15) is 5.01 Å². The lowest BCUT2D eigenvalue weighted by molar-refractivity contribution is -0.124. The van der Waals surface area contributed by atoms with Gasteiger partial charge in [0.2, 0.25) is 5.91 Å². The molecule has 0 radical (unpaired) electrons. The van der Waals surface area contributed by atoms with Crippen LogP contribution in [0, 0.1) is 0 Å². The first-order valence-corrected chi connectivity index (χ1v) is 10.2. The third-order valence-electron chi connectivity index (χ3n) is 4.27. The fourth-order valence-corrected chi connectivity index (χ4v) is 5.17. The Bertz CT molecular complexity index is 796. The Morgan fingerprint density at radius 3 is 2.62 bits per heavy atom. The maximum atomic E-state index is 12.6. The van der Waals surface area contributed by atoms with Crippen molar-refractivity contribution in [2.75, 3.05) is 19.3 Å². The summed E-state index contributed by atoms with van der Waals surface area (Å²) in [4.78, 5) is 17.1. The van der Waals surface area contributed by atoms with Crippen LogP contribution in [-0.4, -0.2) is 43.4 Å². The van der Waals surface area contributed by atoms with E-state index in [4.69, 9.17) is 0 Å². The molecule has 1 aromatic heterocycles. The van der Waals surface area contributed by atoms with Gasteiger partial charge in [0.25, 0.3) is 0 Å². The maximum absolute atomic E-state index is 12.6.